The number of nitrogens with two attached hydrogens (primary N) is 1. The molecule has 1 aromatic rings. The smallest absolute Gasteiger partial charge is 0.119 e. The number of hydrogen-bond donors (Lipinski definition) is 1. The Balaban J connectivity index is 2.00. The average Bonchev–Trinajstić information content (AvgIpc) is 2.38. The Morgan fingerprint density at radius 1 is 1.32 bits per heavy atom. The van der Waals surface area contributed by atoms with Crippen molar-refractivity contribution in [3.05, 3.63) is 29.8 Å². The minimum atomic E-state index is -0.0872. The molecular weight excluding hydrogens is 240 g/mol. The van der Waals surface area contributed by atoms with Gasteiger partial charge in [0.25, 0.3) is 0 Å². The van der Waals surface area contributed by atoms with Crippen LogP contribution in [0, 0.1) is 0 Å². The third kappa shape index (κ3) is 3.93. The maximum absolute atomic E-state index is 6.29. The van der Waals surface area contributed by atoms with Gasteiger partial charge in [-0.05, 0) is 38.6 Å². The Labute approximate surface area is 115 Å². The normalized spacial score (nSPS) is 22.5. The van der Waals surface area contributed by atoms with Gasteiger partial charge in [0, 0.05) is 13.1 Å². The van der Waals surface area contributed by atoms with Crippen LogP contribution in [0.25, 0.3) is 0 Å². The zero-order valence-electron chi connectivity index (χ0n) is 12.0. The summed E-state index contributed by atoms with van der Waals surface area (Å²) in [7, 11) is 2.10. The standard InChI is InChI=1S/C15H24N2O2/c1-11(2)19-13-6-4-12(5-7-13)15(16)14-10-17(3)8-9-18-14/h4-7,11,14-15H,8-10,16H2,1-3H3. The summed E-state index contributed by atoms with van der Waals surface area (Å²) in [6, 6.07) is 7.92. The van der Waals surface area contributed by atoms with Crippen LogP contribution >= 0.6 is 0 Å². The lowest BCUT2D eigenvalue weighted by Crippen LogP contribution is -2.45. The Hall–Kier alpha value is -1.10. The van der Waals surface area contributed by atoms with Crippen LogP contribution in [-0.4, -0.2) is 43.9 Å². The van der Waals surface area contributed by atoms with Gasteiger partial charge in [-0.1, -0.05) is 12.1 Å². The Morgan fingerprint density at radius 3 is 2.58 bits per heavy atom. The number of ether oxygens (including phenoxy) is 2. The van der Waals surface area contributed by atoms with E-state index in [2.05, 4.69) is 11.9 Å². The molecule has 2 atom stereocenters. The molecule has 0 aliphatic carbocycles. The summed E-state index contributed by atoms with van der Waals surface area (Å²) < 4.78 is 11.4. The lowest BCUT2D eigenvalue weighted by Gasteiger charge is -2.33. The predicted molar refractivity (Wildman–Crippen MR) is 76.4 cm³/mol. The Kier molecular flexibility index (Phi) is 4.80. The summed E-state index contributed by atoms with van der Waals surface area (Å²) in [5, 5.41) is 0. The van der Waals surface area contributed by atoms with Gasteiger partial charge in [0.05, 0.1) is 24.9 Å². The number of benzene rings is 1. The number of morpholine rings is 1. The molecule has 2 N–H and O–H groups in total. The van der Waals surface area contributed by atoms with E-state index in [1.807, 2.05) is 38.1 Å². The highest BCUT2D eigenvalue weighted by molar-refractivity contribution is 5.29. The minimum absolute atomic E-state index is 0.0654. The first kappa shape index (κ1) is 14.3. The number of rotatable bonds is 4. The molecule has 2 rings (SSSR count). The molecule has 1 aliphatic heterocycles. The molecule has 2 unspecified atom stereocenters. The molecule has 0 radical (unpaired) electrons. The van der Waals surface area contributed by atoms with Gasteiger partial charge in [0.15, 0.2) is 0 Å². The van der Waals surface area contributed by atoms with E-state index in [1.165, 1.54) is 0 Å². The molecule has 0 saturated carbocycles. The molecule has 4 nitrogen and oxygen atoms in total. The fourth-order valence-corrected chi connectivity index (χ4v) is 2.28. The summed E-state index contributed by atoms with van der Waals surface area (Å²) >= 11 is 0. The predicted octanol–water partition coefficient (Wildman–Crippen LogP) is 1.80. The van der Waals surface area contributed by atoms with Gasteiger partial charge >= 0.3 is 0 Å². The Bertz CT molecular complexity index is 392. The van der Waals surface area contributed by atoms with Crippen molar-refractivity contribution >= 4 is 0 Å². The third-order valence-electron chi connectivity index (χ3n) is 3.33. The number of likely N-dealkylation sites (N-methyl/N-ethyl adjacent to an activating group) is 1. The van der Waals surface area contributed by atoms with Crippen molar-refractivity contribution in [2.24, 2.45) is 5.73 Å². The second-order valence-electron chi connectivity index (χ2n) is 5.43. The van der Waals surface area contributed by atoms with Crippen molar-refractivity contribution in [1.82, 2.24) is 4.90 Å². The van der Waals surface area contributed by atoms with Gasteiger partial charge in [-0.15, -0.1) is 0 Å². The first-order chi connectivity index (χ1) is 9.06. The fourth-order valence-electron chi connectivity index (χ4n) is 2.28. The lowest BCUT2D eigenvalue weighted by atomic mass is 10.0. The van der Waals surface area contributed by atoms with Crippen LogP contribution in [0.1, 0.15) is 25.5 Å². The monoisotopic (exact) mass is 264 g/mol. The summed E-state index contributed by atoms with van der Waals surface area (Å²) in [4.78, 5) is 2.25. The van der Waals surface area contributed by atoms with Gasteiger partial charge < -0.3 is 20.1 Å². The van der Waals surface area contributed by atoms with Crippen molar-refractivity contribution < 1.29 is 9.47 Å². The van der Waals surface area contributed by atoms with E-state index in [4.69, 9.17) is 15.2 Å². The van der Waals surface area contributed by atoms with Crippen LogP contribution in [0.2, 0.25) is 0 Å². The molecule has 1 fully saturated rings. The van der Waals surface area contributed by atoms with Crippen LogP contribution in [0.3, 0.4) is 0 Å². The van der Waals surface area contributed by atoms with Gasteiger partial charge in [0.1, 0.15) is 5.75 Å². The van der Waals surface area contributed by atoms with Gasteiger partial charge in [-0.2, -0.15) is 0 Å². The molecule has 1 aliphatic rings. The molecule has 0 spiro atoms. The minimum Gasteiger partial charge on any atom is -0.491 e. The second kappa shape index (κ2) is 6.37. The summed E-state index contributed by atoms with van der Waals surface area (Å²) in [6.07, 6.45) is 0.255. The molecule has 4 heteroatoms. The van der Waals surface area contributed by atoms with Gasteiger partial charge in [-0.3, -0.25) is 0 Å². The highest BCUT2D eigenvalue weighted by Crippen LogP contribution is 2.22. The molecule has 0 aromatic heterocycles. The number of nitrogens with zero attached hydrogens (tertiary/aromatic N) is 1. The van der Waals surface area contributed by atoms with E-state index in [-0.39, 0.29) is 18.2 Å². The van der Waals surface area contributed by atoms with E-state index in [1.54, 1.807) is 0 Å². The first-order valence-electron chi connectivity index (χ1n) is 6.88. The zero-order valence-corrected chi connectivity index (χ0v) is 12.0. The number of hydrogen-bond acceptors (Lipinski definition) is 4. The molecular formula is C15H24N2O2. The molecule has 1 heterocycles. The van der Waals surface area contributed by atoms with Crippen molar-refractivity contribution in [1.29, 1.82) is 0 Å². The van der Waals surface area contributed by atoms with E-state index >= 15 is 0 Å². The van der Waals surface area contributed by atoms with Crippen molar-refractivity contribution in [3.8, 4) is 5.75 Å². The quantitative estimate of drug-likeness (QED) is 0.901. The molecule has 0 amide bonds. The molecule has 0 bridgehead atoms. The van der Waals surface area contributed by atoms with Crippen LogP contribution < -0.4 is 10.5 Å². The van der Waals surface area contributed by atoms with Crippen LogP contribution in [-0.2, 0) is 4.74 Å². The van der Waals surface area contributed by atoms with Crippen molar-refractivity contribution in [2.75, 3.05) is 26.7 Å². The topological polar surface area (TPSA) is 47.7 Å². The maximum atomic E-state index is 6.29. The van der Waals surface area contributed by atoms with Gasteiger partial charge in [0.2, 0.25) is 0 Å². The van der Waals surface area contributed by atoms with E-state index in [0.717, 1.165) is 31.0 Å². The highest BCUT2D eigenvalue weighted by Gasteiger charge is 2.25. The highest BCUT2D eigenvalue weighted by atomic mass is 16.5. The Morgan fingerprint density at radius 2 is 2.00 bits per heavy atom. The summed E-state index contributed by atoms with van der Waals surface area (Å²) in [5.74, 6) is 0.882. The van der Waals surface area contributed by atoms with E-state index in [9.17, 15) is 0 Å². The zero-order chi connectivity index (χ0) is 13.8. The lowest BCUT2D eigenvalue weighted by molar-refractivity contribution is -0.0326. The third-order valence-corrected chi connectivity index (χ3v) is 3.33. The van der Waals surface area contributed by atoms with E-state index < -0.39 is 0 Å². The van der Waals surface area contributed by atoms with Crippen LogP contribution in [0.5, 0.6) is 5.75 Å². The first-order valence-corrected chi connectivity index (χ1v) is 6.88. The maximum Gasteiger partial charge on any atom is 0.119 e. The largest absolute Gasteiger partial charge is 0.491 e. The summed E-state index contributed by atoms with van der Waals surface area (Å²) in [6.45, 7) is 6.65. The van der Waals surface area contributed by atoms with Crippen molar-refractivity contribution in [3.63, 3.8) is 0 Å². The SMILES string of the molecule is CC(C)Oc1ccc(C(N)C2CN(C)CCO2)cc1. The molecule has 19 heavy (non-hydrogen) atoms. The van der Waals surface area contributed by atoms with E-state index in [0.29, 0.717) is 0 Å². The summed E-state index contributed by atoms with van der Waals surface area (Å²) in [5.41, 5.74) is 7.38. The molecule has 106 valence electrons. The molecule has 1 aromatic carbocycles. The van der Waals surface area contributed by atoms with Crippen molar-refractivity contribution in [2.45, 2.75) is 32.1 Å². The molecule has 1 saturated heterocycles. The van der Waals surface area contributed by atoms with Crippen LogP contribution in [0.15, 0.2) is 24.3 Å². The fraction of sp³-hybridized carbons (Fsp3) is 0.600. The van der Waals surface area contributed by atoms with Gasteiger partial charge in [-0.25, -0.2) is 0 Å². The average molecular weight is 264 g/mol. The second-order valence-corrected chi connectivity index (χ2v) is 5.43. The van der Waals surface area contributed by atoms with Crippen LogP contribution in [0.4, 0.5) is 0 Å².